The van der Waals surface area contributed by atoms with Crippen LogP contribution < -0.4 is 10.6 Å². The molecule has 1 aromatic rings. The van der Waals surface area contributed by atoms with E-state index in [9.17, 15) is 4.79 Å². The van der Waals surface area contributed by atoms with Gasteiger partial charge in [0.25, 0.3) is 0 Å². The van der Waals surface area contributed by atoms with Gasteiger partial charge in [0, 0.05) is 33.8 Å². The average molecular weight is 267 g/mol. The van der Waals surface area contributed by atoms with E-state index in [0.29, 0.717) is 30.7 Å². The van der Waals surface area contributed by atoms with Crippen molar-refractivity contribution < 1.29 is 9.53 Å². The van der Waals surface area contributed by atoms with E-state index in [-0.39, 0.29) is 12.5 Å². The van der Waals surface area contributed by atoms with E-state index >= 15 is 0 Å². The third-order valence-corrected chi connectivity index (χ3v) is 2.48. The molecule has 2 N–H and O–H groups in total. The summed E-state index contributed by atoms with van der Waals surface area (Å²) in [4.78, 5) is 23.3. The molecule has 0 radical (unpaired) electrons. The first-order chi connectivity index (χ1) is 8.93. The fraction of sp³-hybridized carbons (Fsp3) is 0.583. The van der Waals surface area contributed by atoms with Gasteiger partial charge in [-0.05, 0) is 6.92 Å². The smallest absolute Gasteiger partial charge is 0.241 e. The molecule has 0 spiro atoms. The maximum Gasteiger partial charge on any atom is 0.241 e. The summed E-state index contributed by atoms with van der Waals surface area (Å²) in [6.45, 7) is 3.03. The van der Waals surface area contributed by atoms with Crippen molar-refractivity contribution in [2.24, 2.45) is 0 Å². The van der Waals surface area contributed by atoms with Gasteiger partial charge < -0.3 is 20.3 Å². The van der Waals surface area contributed by atoms with Crippen molar-refractivity contribution in [1.82, 2.24) is 14.9 Å². The fourth-order valence-corrected chi connectivity index (χ4v) is 1.38. The first-order valence-electron chi connectivity index (χ1n) is 6.06. The van der Waals surface area contributed by atoms with Gasteiger partial charge >= 0.3 is 0 Å². The minimum atomic E-state index is -0.00829. The summed E-state index contributed by atoms with van der Waals surface area (Å²) in [5.41, 5.74) is 5.73. The van der Waals surface area contributed by atoms with Crippen LogP contribution >= 0.6 is 0 Å². The lowest BCUT2D eigenvalue weighted by atomic mass is 10.4. The van der Waals surface area contributed by atoms with Gasteiger partial charge in [0.1, 0.15) is 18.2 Å². The van der Waals surface area contributed by atoms with Crippen molar-refractivity contribution >= 4 is 17.5 Å². The number of rotatable bonds is 6. The molecule has 0 fully saturated rings. The first-order valence-corrected chi connectivity index (χ1v) is 6.06. The molecule has 1 heterocycles. The molecule has 7 nitrogen and oxygen atoms in total. The maximum atomic E-state index is 11.7. The van der Waals surface area contributed by atoms with E-state index in [0.717, 1.165) is 0 Å². The maximum absolute atomic E-state index is 11.7. The van der Waals surface area contributed by atoms with Gasteiger partial charge in [-0.25, -0.2) is 9.97 Å². The van der Waals surface area contributed by atoms with Crippen LogP contribution in [0, 0.1) is 0 Å². The van der Waals surface area contributed by atoms with Crippen LogP contribution in [0.15, 0.2) is 6.07 Å². The molecular weight excluding hydrogens is 246 g/mol. The summed E-state index contributed by atoms with van der Waals surface area (Å²) in [7, 11) is 5.21. The van der Waals surface area contributed by atoms with Crippen LogP contribution in [0.25, 0.3) is 0 Å². The Morgan fingerprint density at radius 1 is 1.37 bits per heavy atom. The molecule has 0 unspecified atom stereocenters. The molecule has 0 saturated heterocycles. The van der Waals surface area contributed by atoms with Gasteiger partial charge in [-0.3, -0.25) is 4.79 Å². The molecule has 1 aromatic heterocycles. The molecule has 1 rings (SSSR count). The minimum Gasteiger partial charge on any atom is -0.384 e. The van der Waals surface area contributed by atoms with Crippen molar-refractivity contribution in [2.45, 2.75) is 13.5 Å². The third kappa shape index (κ3) is 4.70. The summed E-state index contributed by atoms with van der Waals surface area (Å²) >= 11 is 0. The zero-order chi connectivity index (χ0) is 14.4. The standard InChI is InChI=1S/C12H21N5O2/c1-5-19-8-10-14-9(13)6-11(15-10)17(4)7-12(18)16(2)3/h6H,5,7-8H2,1-4H3,(H2,13,14,15). The van der Waals surface area contributed by atoms with Gasteiger partial charge in [0.15, 0.2) is 5.82 Å². The molecule has 0 atom stereocenters. The third-order valence-electron chi connectivity index (χ3n) is 2.48. The number of aromatic nitrogens is 2. The summed E-state index contributed by atoms with van der Waals surface area (Å²) < 4.78 is 5.25. The molecule has 0 aromatic carbocycles. The normalized spacial score (nSPS) is 10.3. The zero-order valence-electron chi connectivity index (χ0n) is 11.9. The largest absolute Gasteiger partial charge is 0.384 e. The lowest BCUT2D eigenvalue weighted by Gasteiger charge is -2.20. The van der Waals surface area contributed by atoms with Crippen molar-refractivity contribution in [3.8, 4) is 0 Å². The highest BCUT2D eigenvalue weighted by Crippen LogP contribution is 2.13. The number of hydrogen-bond acceptors (Lipinski definition) is 6. The Kier molecular flexibility index (Phi) is 5.50. The average Bonchev–Trinajstić information content (AvgIpc) is 2.35. The quantitative estimate of drug-likeness (QED) is 0.788. The number of nitrogen functional groups attached to an aromatic ring is 1. The van der Waals surface area contributed by atoms with E-state index in [1.54, 1.807) is 32.1 Å². The number of hydrogen-bond donors (Lipinski definition) is 1. The van der Waals surface area contributed by atoms with Crippen molar-refractivity contribution in [1.29, 1.82) is 0 Å². The first kappa shape index (κ1) is 15.2. The van der Waals surface area contributed by atoms with Crippen LogP contribution in [0.2, 0.25) is 0 Å². The molecule has 0 aliphatic carbocycles. The van der Waals surface area contributed by atoms with Gasteiger partial charge in [-0.1, -0.05) is 0 Å². The van der Waals surface area contributed by atoms with Gasteiger partial charge in [0.05, 0.1) is 6.54 Å². The predicted octanol–water partition coefficient (Wildman–Crippen LogP) is 0.120. The summed E-state index contributed by atoms with van der Waals surface area (Å²) in [5.74, 6) is 1.48. The Balaban J connectivity index is 2.81. The second kappa shape index (κ2) is 6.89. The van der Waals surface area contributed by atoms with Gasteiger partial charge in [-0.2, -0.15) is 0 Å². The highest BCUT2D eigenvalue weighted by Gasteiger charge is 2.12. The Bertz CT molecular complexity index is 436. The van der Waals surface area contributed by atoms with Crippen molar-refractivity contribution in [3.05, 3.63) is 11.9 Å². The Labute approximate surface area is 113 Å². The van der Waals surface area contributed by atoms with E-state index in [1.165, 1.54) is 4.90 Å². The topological polar surface area (TPSA) is 84.6 Å². The molecule has 7 heteroatoms. The SMILES string of the molecule is CCOCc1nc(N)cc(N(C)CC(=O)N(C)C)n1. The van der Waals surface area contributed by atoms with Crippen LogP contribution in [0.4, 0.5) is 11.6 Å². The number of carbonyl (C=O) groups is 1. The summed E-state index contributed by atoms with van der Waals surface area (Å²) in [5, 5.41) is 0. The minimum absolute atomic E-state index is 0.00829. The van der Waals surface area contributed by atoms with Crippen LogP contribution in [-0.2, 0) is 16.1 Å². The Morgan fingerprint density at radius 3 is 2.63 bits per heavy atom. The molecule has 0 aliphatic rings. The number of likely N-dealkylation sites (N-methyl/N-ethyl adjacent to an activating group) is 2. The molecule has 106 valence electrons. The summed E-state index contributed by atoms with van der Waals surface area (Å²) in [6.07, 6.45) is 0. The number of nitrogens with zero attached hydrogens (tertiary/aromatic N) is 4. The Hall–Kier alpha value is -1.89. The number of amides is 1. The number of carbonyl (C=O) groups excluding carboxylic acids is 1. The molecule has 1 amide bonds. The monoisotopic (exact) mass is 267 g/mol. The summed E-state index contributed by atoms with van der Waals surface area (Å²) in [6, 6.07) is 1.64. The van der Waals surface area contributed by atoms with Gasteiger partial charge in [-0.15, -0.1) is 0 Å². The molecular formula is C12H21N5O2. The van der Waals surface area contributed by atoms with E-state index < -0.39 is 0 Å². The van der Waals surface area contributed by atoms with Crippen LogP contribution in [0.3, 0.4) is 0 Å². The molecule has 0 bridgehead atoms. The fourth-order valence-electron chi connectivity index (χ4n) is 1.38. The second-order valence-corrected chi connectivity index (χ2v) is 4.35. The lowest BCUT2D eigenvalue weighted by Crippen LogP contribution is -2.34. The van der Waals surface area contributed by atoms with Gasteiger partial charge in [0.2, 0.25) is 5.91 Å². The highest BCUT2D eigenvalue weighted by atomic mass is 16.5. The number of anilines is 2. The van der Waals surface area contributed by atoms with E-state index in [2.05, 4.69) is 9.97 Å². The van der Waals surface area contributed by atoms with Crippen LogP contribution in [-0.4, -0.2) is 55.1 Å². The number of ether oxygens (including phenoxy) is 1. The highest BCUT2D eigenvalue weighted by molar-refractivity contribution is 5.80. The molecule has 19 heavy (non-hydrogen) atoms. The molecule has 0 aliphatic heterocycles. The van der Waals surface area contributed by atoms with E-state index in [1.807, 2.05) is 6.92 Å². The van der Waals surface area contributed by atoms with Crippen LogP contribution in [0.5, 0.6) is 0 Å². The zero-order valence-corrected chi connectivity index (χ0v) is 11.9. The number of nitrogens with two attached hydrogens (primary N) is 1. The predicted molar refractivity (Wildman–Crippen MR) is 73.7 cm³/mol. The lowest BCUT2D eigenvalue weighted by molar-refractivity contribution is -0.127. The van der Waals surface area contributed by atoms with Crippen molar-refractivity contribution in [3.63, 3.8) is 0 Å². The Morgan fingerprint density at radius 2 is 2.05 bits per heavy atom. The van der Waals surface area contributed by atoms with Crippen LogP contribution in [0.1, 0.15) is 12.7 Å². The second-order valence-electron chi connectivity index (χ2n) is 4.35. The molecule has 0 saturated carbocycles. The van der Waals surface area contributed by atoms with E-state index in [4.69, 9.17) is 10.5 Å². The van der Waals surface area contributed by atoms with Crippen molar-refractivity contribution in [2.75, 3.05) is 44.9 Å².